The molecule has 0 bridgehead atoms. The van der Waals surface area contributed by atoms with Gasteiger partial charge in [0.25, 0.3) is 0 Å². The summed E-state index contributed by atoms with van der Waals surface area (Å²) in [6.45, 7) is 3.71. The molecule has 0 aliphatic carbocycles. The van der Waals surface area contributed by atoms with Crippen LogP contribution in [0.15, 0.2) is 53.4 Å². The number of para-hydroxylation sites is 2. The third-order valence-corrected chi connectivity index (χ3v) is 6.40. The second kappa shape index (κ2) is 9.76. The summed E-state index contributed by atoms with van der Waals surface area (Å²) in [5.74, 6) is 2.57. The zero-order valence-corrected chi connectivity index (χ0v) is 17.8. The fourth-order valence-corrected chi connectivity index (χ4v) is 4.78. The van der Waals surface area contributed by atoms with E-state index in [-0.39, 0.29) is 6.10 Å². The van der Waals surface area contributed by atoms with Crippen molar-refractivity contribution in [3.63, 3.8) is 0 Å². The smallest absolute Gasteiger partial charge is 0.141 e. The first kappa shape index (κ1) is 20.4. The van der Waals surface area contributed by atoms with Gasteiger partial charge in [-0.05, 0) is 62.0 Å². The van der Waals surface area contributed by atoms with Crippen LogP contribution < -0.4 is 5.73 Å². The Labute approximate surface area is 177 Å². The summed E-state index contributed by atoms with van der Waals surface area (Å²) in [5, 5.41) is 0. The molecule has 6 heteroatoms. The number of likely N-dealkylation sites (tertiary alicyclic amines) is 1. The van der Waals surface area contributed by atoms with Gasteiger partial charge in [0, 0.05) is 23.9 Å². The number of nitrogens with two attached hydrogens (primary N) is 1. The highest BCUT2D eigenvalue weighted by molar-refractivity contribution is 7.99. The lowest BCUT2D eigenvalue weighted by molar-refractivity contribution is -0.00237. The number of nitrogens with one attached hydrogen (secondary N) is 1. The number of H-pyrrole nitrogens is 1. The number of rotatable bonds is 10. The predicted octanol–water partition coefficient (Wildman–Crippen LogP) is 4.06. The Balaban J connectivity index is 1.54. The number of hydrogen-bond acceptors (Lipinski definition) is 5. The number of unbranched alkanes of at least 4 members (excludes halogenated alkanes) is 1. The molecule has 1 unspecified atom stereocenters. The van der Waals surface area contributed by atoms with Crippen molar-refractivity contribution in [2.45, 2.75) is 23.8 Å². The fourth-order valence-electron chi connectivity index (χ4n) is 3.80. The van der Waals surface area contributed by atoms with E-state index in [0.717, 1.165) is 67.3 Å². The Kier molecular flexibility index (Phi) is 6.87. The van der Waals surface area contributed by atoms with E-state index in [9.17, 15) is 0 Å². The van der Waals surface area contributed by atoms with Gasteiger partial charge in [-0.3, -0.25) is 0 Å². The third-order valence-electron chi connectivity index (χ3n) is 5.32. The summed E-state index contributed by atoms with van der Waals surface area (Å²) >= 11 is 1.88. The average molecular weight is 411 g/mol. The average Bonchev–Trinajstić information content (AvgIpc) is 3.14. The van der Waals surface area contributed by atoms with Crippen LogP contribution in [-0.4, -0.2) is 53.9 Å². The van der Waals surface area contributed by atoms with Gasteiger partial charge in [0.05, 0.1) is 17.6 Å². The van der Waals surface area contributed by atoms with Crippen LogP contribution in [0.2, 0.25) is 0 Å². The number of thioether (sulfide) groups is 1. The fraction of sp³-hybridized carbons (Fsp3) is 0.435. The Morgan fingerprint density at radius 2 is 2.07 bits per heavy atom. The van der Waals surface area contributed by atoms with Crippen molar-refractivity contribution in [1.82, 2.24) is 14.9 Å². The first-order valence-corrected chi connectivity index (χ1v) is 11.4. The lowest BCUT2D eigenvalue weighted by Gasteiger charge is -2.36. The van der Waals surface area contributed by atoms with E-state index in [4.69, 9.17) is 15.5 Å². The van der Waals surface area contributed by atoms with E-state index in [0.29, 0.717) is 5.92 Å². The van der Waals surface area contributed by atoms with E-state index in [1.54, 1.807) is 0 Å². The highest BCUT2D eigenvalue weighted by Gasteiger charge is 2.26. The summed E-state index contributed by atoms with van der Waals surface area (Å²) in [6, 6.07) is 16.8. The monoisotopic (exact) mass is 410 g/mol. The molecule has 2 heterocycles. The molecule has 2 aromatic carbocycles. The van der Waals surface area contributed by atoms with Crippen LogP contribution >= 0.6 is 11.8 Å². The second-order valence-electron chi connectivity index (χ2n) is 7.86. The van der Waals surface area contributed by atoms with Gasteiger partial charge >= 0.3 is 0 Å². The molecule has 1 atom stereocenters. The number of aromatic amines is 1. The van der Waals surface area contributed by atoms with Crippen LogP contribution in [0.5, 0.6) is 0 Å². The van der Waals surface area contributed by atoms with E-state index in [2.05, 4.69) is 47.3 Å². The van der Waals surface area contributed by atoms with Gasteiger partial charge in [0.2, 0.25) is 0 Å². The van der Waals surface area contributed by atoms with Crippen molar-refractivity contribution in [3.8, 4) is 0 Å². The molecule has 3 N–H and O–H groups in total. The van der Waals surface area contributed by atoms with E-state index in [1.807, 2.05) is 30.0 Å². The Morgan fingerprint density at radius 3 is 2.86 bits per heavy atom. The Morgan fingerprint density at radius 1 is 1.21 bits per heavy atom. The maximum absolute atomic E-state index is 6.45. The van der Waals surface area contributed by atoms with Gasteiger partial charge in [-0.15, -0.1) is 11.8 Å². The SMILES string of the molecule is CN1CC(COC(c2cccc(SCCCCN)c2)c2nc3ccccc3[nH]2)C1. The molecule has 0 saturated carbocycles. The van der Waals surface area contributed by atoms with E-state index < -0.39 is 0 Å². The molecule has 1 aliphatic rings. The molecule has 1 aromatic heterocycles. The number of fused-ring (bicyclic) bond motifs is 1. The minimum atomic E-state index is -0.183. The minimum absolute atomic E-state index is 0.183. The lowest BCUT2D eigenvalue weighted by Crippen LogP contribution is -2.46. The molecular formula is C23H30N4OS. The topological polar surface area (TPSA) is 67.2 Å². The van der Waals surface area contributed by atoms with E-state index >= 15 is 0 Å². The molecule has 154 valence electrons. The Bertz CT molecular complexity index is 889. The summed E-state index contributed by atoms with van der Waals surface area (Å²) in [7, 11) is 2.15. The third kappa shape index (κ3) is 5.20. The van der Waals surface area contributed by atoms with Crippen LogP contribution in [0.25, 0.3) is 11.0 Å². The normalized spacial score (nSPS) is 16.2. The first-order chi connectivity index (χ1) is 14.2. The van der Waals surface area contributed by atoms with Crippen molar-refractivity contribution in [2.24, 2.45) is 11.7 Å². The molecule has 5 nitrogen and oxygen atoms in total. The molecule has 0 spiro atoms. The molecule has 1 fully saturated rings. The molecule has 0 amide bonds. The first-order valence-electron chi connectivity index (χ1n) is 10.4. The number of nitrogens with zero attached hydrogens (tertiary/aromatic N) is 2. The summed E-state index contributed by atoms with van der Waals surface area (Å²) in [5.41, 5.74) is 8.79. The van der Waals surface area contributed by atoms with Gasteiger partial charge in [0.1, 0.15) is 11.9 Å². The highest BCUT2D eigenvalue weighted by atomic mass is 32.2. The summed E-state index contributed by atoms with van der Waals surface area (Å²) < 4.78 is 6.45. The number of imidazole rings is 1. The van der Waals surface area contributed by atoms with Crippen molar-refractivity contribution >= 4 is 22.8 Å². The van der Waals surface area contributed by atoms with E-state index in [1.165, 1.54) is 4.90 Å². The summed E-state index contributed by atoms with van der Waals surface area (Å²) in [4.78, 5) is 11.9. The lowest BCUT2D eigenvalue weighted by atomic mass is 10.0. The number of aromatic nitrogens is 2. The van der Waals surface area contributed by atoms with Gasteiger partial charge in [-0.1, -0.05) is 24.3 Å². The van der Waals surface area contributed by atoms with Crippen LogP contribution in [0.4, 0.5) is 0 Å². The van der Waals surface area contributed by atoms with Crippen molar-refractivity contribution in [1.29, 1.82) is 0 Å². The van der Waals surface area contributed by atoms with Crippen molar-refractivity contribution in [3.05, 3.63) is 59.9 Å². The minimum Gasteiger partial charge on any atom is -0.365 e. The van der Waals surface area contributed by atoms with Crippen LogP contribution in [-0.2, 0) is 4.74 Å². The van der Waals surface area contributed by atoms with Gasteiger partial charge in [0.15, 0.2) is 0 Å². The zero-order chi connectivity index (χ0) is 20.1. The number of hydrogen-bond donors (Lipinski definition) is 2. The van der Waals surface area contributed by atoms with Crippen LogP contribution in [0, 0.1) is 5.92 Å². The highest BCUT2D eigenvalue weighted by Crippen LogP contribution is 2.30. The van der Waals surface area contributed by atoms with Crippen molar-refractivity contribution in [2.75, 3.05) is 39.0 Å². The van der Waals surface area contributed by atoms with Gasteiger partial charge in [-0.2, -0.15) is 0 Å². The predicted molar refractivity (Wildman–Crippen MR) is 120 cm³/mol. The number of ether oxygens (including phenoxy) is 1. The summed E-state index contributed by atoms with van der Waals surface area (Å²) in [6.07, 6.45) is 2.04. The standard InChI is InChI=1S/C23H30N4OS/c1-27-14-17(15-27)16-28-22(23-25-20-9-2-3-10-21(20)26-23)18-7-6-8-19(13-18)29-12-5-4-11-24/h2-3,6-10,13,17,22H,4-5,11-12,14-16,24H2,1H3,(H,25,26). The van der Waals surface area contributed by atoms with Crippen LogP contribution in [0.1, 0.15) is 30.3 Å². The largest absolute Gasteiger partial charge is 0.365 e. The quantitative estimate of drug-likeness (QED) is 0.390. The van der Waals surface area contributed by atoms with Gasteiger partial charge < -0.3 is 20.4 Å². The second-order valence-corrected chi connectivity index (χ2v) is 9.02. The van der Waals surface area contributed by atoms with Crippen LogP contribution in [0.3, 0.4) is 0 Å². The maximum Gasteiger partial charge on any atom is 0.141 e. The molecule has 4 rings (SSSR count). The van der Waals surface area contributed by atoms with Crippen molar-refractivity contribution < 1.29 is 4.74 Å². The molecule has 1 aliphatic heterocycles. The zero-order valence-electron chi connectivity index (χ0n) is 17.0. The Hall–Kier alpha value is -1.86. The number of benzene rings is 2. The molecule has 29 heavy (non-hydrogen) atoms. The molecular weight excluding hydrogens is 380 g/mol. The molecule has 3 aromatic rings. The molecule has 1 saturated heterocycles. The molecule has 0 radical (unpaired) electrons. The maximum atomic E-state index is 6.45. The van der Waals surface area contributed by atoms with Gasteiger partial charge in [-0.25, -0.2) is 4.98 Å².